The molecule has 0 bridgehead atoms. The zero-order valence-electron chi connectivity index (χ0n) is 18.2. The third-order valence-electron chi connectivity index (χ3n) is 5.94. The zero-order chi connectivity index (χ0) is 23.5. The highest BCUT2D eigenvalue weighted by Gasteiger charge is 2.29. The van der Waals surface area contributed by atoms with Crippen LogP contribution in [0.15, 0.2) is 78.9 Å². The normalized spacial score (nSPS) is 12.1. The van der Waals surface area contributed by atoms with Crippen molar-refractivity contribution in [1.29, 1.82) is 0 Å². The Morgan fingerprint density at radius 2 is 1.50 bits per heavy atom. The van der Waals surface area contributed by atoms with Crippen LogP contribution in [-0.4, -0.2) is 28.8 Å². The van der Waals surface area contributed by atoms with Crippen LogP contribution in [0.5, 0.6) is 0 Å². The van der Waals surface area contributed by atoms with E-state index in [0.717, 1.165) is 27.8 Å². The molecule has 0 atom stereocenters. The number of amides is 1. The van der Waals surface area contributed by atoms with Gasteiger partial charge in [0.05, 0.1) is 0 Å². The summed E-state index contributed by atoms with van der Waals surface area (Å²) in [6.07, 6.45) is 0.561. The predicted molar refractivity (Wildman–Crippen MR) is 132 cm³/mol. The van der Waals surface area contributed by atoms with Gasteiger partial charge in [-0.1, -0.05) is 78.9 Å². The number of ether oxygens (including phenoxy) is 1. The Balaban J connectivity index is 1.26. The lowest BCUT2D eigenvalue weighted by Gasteiger charge is -2.14. The van der Waals surface area contributed by atoms with Gasteiger partial charge < -0.3 is 9.84 Å². The number of hydrogen-bond acceptors (Lipinski definition) is 5. The number of carboxylic acids is 1. The molecule has 4 aromatic rings. The Hall–Kier alpha value is -3.97. The Morgan fingerprint density at radius 1 is 0.882 bits per heavy atom. The summed E-state index contributed by atoms with van der Waals surface area (Å²) in [7, 11) is 0. The van der Waals surface area contributed by atoms with Crippen LogP contribution in [-0.2, 0) is 17.6 Å². The average molecular weight is 471 g/mol. The molecule has 6 nitrogen and oxygen atoms in total. The molecule has 0 saturated carbocycles. The van der Waals surface area contributed by atoms with Gasteiger partial charge in [0.2, 0.25) is 0 Å². The summed E-state index contributed by atoms with van der Waals surface area (Å²) < 4.78 is 5.55. The molecule has 1 aromatic heterocycles. The minimum Gasteiger partial charge on any atom is -0.476 e. The number of carboxylic acid groups (broad SMARTS) is 1. The van der Waals surface area contributed by atoms with E-state index in [-0.39, 0.29) is 23.4 Å². The van der Waals surface area contributed by atoms with Crippen molar-refractivity contribution in [2.75, 3.05) is 11.9 Å². The lowest BCUT2D eigenvalue weighted by molar-refractivity contribution is 0.0690. The van der Waals surface area contributed by atoms with Crippen molar-refractivity contribution in [2.24, 2.45) is 0 Å². The van der Waals surface area contributed by atoms with Crippen LogP contribution in [0.2, 0.25) is 0 Å². The van der Waals surface area contributed by atoms with Gasteiger partial charge in [0.25, 0.3) is 0 Å². The van der Waals surface area contributed by atoms with Gasteiger partial charge in [0.1, 0.15) is 6.61 Å². The van der Waals surface area contributed by atoms with Crippen LogP contribution in [0.1, 0.15) is 38.0 Å². The second-order valence-electron chi connectivity index (χ2n) is 8.03. The average Bonchev–Trinajstić information content (AvgIpc) is 3.41. The second-order valence-corrected chi connectivity index (χ2v) is 9.12. The van der Waals surface area contributed by atoms with E-state index in [1.54, 1.807) is 0 Å². The molecule has 0 fully saturated rings. The molecule has 1 aliphatic carbocycles. The smallest absolute Gasteiger partial charge is 0.413 e. The first-order valence-corrected chi connectivity index (χ1v) is 11.8. The third kappa shape index (κ3) is 4.43. The van der Waals surface area contributed by atoms with Gasteiger partial charge in [-0.2, -0.15) is 0 Å². The molecule has 7 heteroatoms. The summed E-state index contributed by atoms with van der Waals surface area (Å²) in [6.45, 7) is 0.178. The first-order chi connectivity index (χ1) is 16.6. The van der Waals surface area contributed by atoms with Crippen LogP contribution in [0, 0.1) is 0 Å². The van der Waals surface area contributed by atoms with Crippen LogP contribution in [0.3, 0.4) is 0 Å². The Labute approximate surface area is 200 Å². The van der Waals surface area contributed by atoms with E-state index in [1.165, 1.54) is 11.3 Å². The number of aromatic carboxylic acids is 1. The molecule has 0 radical (unpaired) electrons. The fourth-order valence-corrected chi connectivity index (χ4v) is 5.30. The number of nitrogens with zero attached hydrogens (tertiary/aromatic N) is 1. The number of hydrogen-bond donors (Lipinski definition) is 2. The van der Waals surface area contributed by atoms with Gasteiger partial charge in [-0.15, -0.1) is 11.3 Å². The topological polar surface area (TPSA) is 88.5 Å². The molecule has 2 N–H and O–H groups in total. The van der Waals surface area contributed by atoms with Crippen molar-refractivity contribution in [3.63, 3.8) is 0 Å². The van der Waals surface area contributed by atoms with Gasteiger partial charge in [-0.05, 0) is 40.7 Å². The Bertz CT molecular complexity index is 1300. The number of fused-ring (bicyclic) bond motifs is 3. The number of aryl methyl sites for hydroxylation is 2. The van der Waals surface area contributed by atoms with Crippen molar-refractivity contribution in [3.8, 4) is 11.1 Å². The van der Waals surface area contributed by atoms with Crippen LogP contribution in [0.25, 0.3) is 11.1 Å². The molecule has 1 aliphatic rings. The van der Waals surface area contributed by atoms with E-state index in [0.29, 0.717) is 17.7 Å². The number of aromatic nitrogens is 1. The Kier molecular flexibility index (Phi) is 6.10. The first-order valence-electron chi connectivity index (χ1n) is 11.0. The summed E-state index contributed by atoms with van der Waals surface area (Å²) in [6, 6.07) is 26.1. The monoisotopic (exact) mass is 470 g/mol. The van der Waals surface area contributed by atoms with Crippen molar-refractivity contribution in [1.82, 2.24) is 4.98 Å². The fourth-order valence-electron chi connectivity index (χ4n) is 4.37. The number of carbonyl (C=O) groups excluding carboxylic acids is 1. The lowest BCUT2D eigenvalue weighted by atomic mass is 9.98. The number of carbonyl (C=O) groups is 2. The van der Waals surface area contributed by atoms with Crippen molar-refractivity contribution in [2.45, 2.75) is 18.8 Å². The molecule has 3 aromatic carbocycles. The number of benzene rings is 3. The summed E-state index contributed by atoms with van der Waals surface area (Å²) in [5.74, 6) is -1.16. The van der Waals surface area contributed by atoms with Crippen molar-refractivity contribution in [3.05, 3.63) is 106 Å². The van der Waals surface area contributed by atoms with E-state index < -0.39 is 12.1 Å². The molecule has 5 rings (SSSR count). The van der Waals surface area contributed by atoms with Gasteiger partial charge in [0.15, 0.2) is 10.8 Å². The molecule has 0 saturated heterocycles. The maximum atomic E-state index is 12.5. The van der Waals surface area contributed by atoms with Crippen LogP contribution in [0.4, 0.5) is 9.93 Å². The number of rotatable bonds is 7. The number of nitrogens with one attached hydrogen (secondary N) is 1. The van der Waals surface area contributed by atoms with Crippen LogP contribution >= 0.6 is 11.3 Å². The lowest BCUT2D eigenvalue weighted by Crippen LogP contribution is -2.18. The maximum Gasteiger partial charge on any atom is 0.413 e. The maximum absolute atomic E-state index is 12.5. The van der Waals surface area contributed by atoms with Gasteiger partial charge in [0, 0.05) is 10.8 Å². The zero-order valence-corrected chi connectivity index (χ0v) is 19.0. The molecular weight excluding hydrogens is 448 g/mol. The highest BCUT2D eigenvalue weighted by Crippen LogP contribution is 2.44. The molecule has 0 spiro atoms. The van der Waals surface area contributed by atoms with Crippen molar-refractivity contribution >= 4 is 28.5 Å². The Morgan fingerprint density at radius 3 is 2.15 bits per heavy atom. The van der Waals surface area contributed by atoms with E-state index >= 15 is 0 Å². The highest BCUT2D eigenvalue weighted by molar-refractivity contribution is 7.16. The van der Waals surface area contributed by atoms with Gasteiger partial charge in [-0.3, -0.25) is 5.32 Å². The minimum absolute atomic E-state index is 0.0325. The molecule has 34 heavy (non-hydrogen) atoms. The van der Waals surface area contributed by atoms with E-state index in [9.17, 15) is 14.7 Å². The van der Waals surface area contributed by atoms with Crippen molar-refractivity contribution < 1.29 is 19.4 Å². The third-order valence-corrected chi connectivity index (χ3v) is 6.97. The number of anilines is 1. The predicted octanol–water partition coefficient (Wildman–Crippen LogP) is 5.99. The van der Waals surface area contributed by atoms with E-state index in [4.69, 9.17) is 4.74 Å². The van der Waals surface area contributed by atoms with Gasteiger partial charge in [-0.25, -0.2) is 14.6 Å². The largest absolute Gasteiger partial charge is 0.476 e. The van der Waals surface area contributed by atoms with E-state index in [2.05, 4.69) is 34.6 Å². The summed E-state index contributed by atoms with van der Waals surface area (Å²) in [5.41, 5.74) is 5.64. The molecule has 1 amide bonds. The van der Waals surface area contributed by atoms with E-state index in [1.807, 2.05) is 54.6 Å². The first kappa shape index (κ1) is 21.9. The highest BCUT2D eigenvalue weighted by atomic mass is 32.1. The molecule has 1 heterocycles. The van der Waals surface area contributed by atoms with Gasteiger partial charge >= 0.3 is 12.1 Å². The fraction of sp³-hybridized carbons (Fsp3) is 0.148. The molecule has 0 unspecified atom stereocenters. The minimum atomic E-state index is -1.11. The molecular formula is C27H22N2O4S. The molecule has 170 valence electrons. The van der Waals surface area contributed by atoms with Crippen LogP contribution < -0.4 is 5.32 Å². The second kappa shape index (κ2) is 9.49. The number of thiazole rings is 1. The SMILES string of the molecule is O=C(Nc1nc(C(=O)O)c(CCc2ccccc2)s1)OCC1c2ccccc2-c2ccccc21. The summed E-state index contributed by atoms with van der Waals surface area (Å²) >= 11 is 1.17. The summed E-state index contributed by atoms with van der Waals surface area (Å²) in [5, 5.41) is 12.4. The quantitative estimate of drug-likeness (QED) is 0.346. The summed E-state index contributed by atoms with van der Waals surface area (Å²) in [4.78, 5) is 29.0. The molecule has 0 aliphatic heterocycles. The standard InChI is InChI=1S/C27H22N2O4S/c30-25(31)24-23(15-14-17-8-2-1-3-9-17)34-26(28-24)29-27(32)33-16-22-20-12-6-4-10-18(20)19-11-5-7-13-21(19)22/h1-13,22H,14-16H2,(H,30,31)(H,28,29,32).